The van der Waals surface area contributed by atoms with E-state index in [0.29, 0.717) is 44.5 Å². The Morgan fingerprint density at radius 1 is 1.12 bits per heavy atom. The molecule has 3 aliphatic carbocycles. The van der Waals surface area contributed by atoms with E-state index < -0.39 is 19.1 Å². The fraction of sp³-hybridized carbons (Fsp3) is 0.757. The molecule has 49 heavy (non-hydrogen) atoms. The molecule has 6 atom stereocenters. The molecule has 1 aromatic rings. The number of carbonyl (C=O) groups is 2. The van der Waals surface area contributed by atoms with E-state index in [1.165, 1.54) is 6.42 Å². The summed E-state index contributed by atoms with van der Waals surface area (Å²) in [6.07, 6.45) is 2.38. The highest BCUT2D eigenvalue weighted by Gasteiger charge is 2.68. The van der Waals surface area contributed by atoms with Crippen molar-refractivity contribution < 1.29 is 32.4 Å². The maximum absolute atomic E-state index is 13.2. The maximum Gasteiger partial charge on any atom is 0.482 e. The SMILES string of the molecule is CC.CC(C)(C)N1CCC(F)(F)C1.CC1(C)C2CC1[C@]1(C)OB(C(Cc3ccccc3)NC(=O)CC3CN(C(=O)CC#N)CCO3)O[C@@H]1C2. The number of rotatable bonds is 7. The van der Waals surface area contributed by atoms with Crippen LogP contribution in [0.25, 0.3) is 0 Å². The van der Waals surface area contributed by atoms with Crippen LogP contribution in [0.15, 0.2) is 30.3 Å². The lowest BCUT2D eigenvalue weighted by atomic mass is 9.43. The highest BCUT2D eigenvalue weighted by molar-refractivity contribution is 6.48. The smallest absolute Gasteiger partial charge is 0.404 e. The van der Waals surface area contributed by atoms with Crippen LogP contribution in [0.1, 0.15) is 93.1 Å². The molecule has 4 unspecified atom stereocenters. The number of alkyl halides is 2. The summed E-state index contributed by atoms with van der Waals surface area (Å²) in [5.41, 5.74) is 0.882. The van der Waals surface area contributed by atoms with Crippen LogP contribution in [0.4, 0.5) is 8.78 Å². The van der Waals surface area contributed by atoms with Crippen molar-refractivity contribution in [3.8, 4) is 6.07 Å². The lowest BCUT2D eigenvalue weighted by molar-refractivity contribution is -0.199. The Hall–Kier alpha value is -2.59. The molecule has 272 valence electrons. The second-order valence-corrected chi connectivity index (χ2v) is 15.8. The number of hydrogen-bond acceptors (Lipinski definition) is 7. The van der Waals surface area contributed by atoms with Crippen LogP contribution >= 0.6 is 0 Å². The Morgan fingerprint density at radius 2 is 1.82 bits per heavy atom. The average molecular weight is 687 g/mol. The third-order valence-corrected chi connectivity index (χ3v) is 11.2. The van der Waals surface area contributed by atoms with Crippen LogP contribution < -0.4 is 5.32 Å². The van der Waals surface area contributed by atoms with Gasteiger partial charge in [-0.25, -0.2) is 8.78 Å². The minimum Gasteiger partial charge on any atom is -0.404 e. The Balaban J connectivity index is 0.000000352. The lowest BCUT2D eigenvalue weighted by Crippen LogP contribution is -2.65. The molecule has 6 aliphatic rings. The molecular formula is C37H57BF2N4O5. The molecule has 3 heterocycles. The Morgan fingerprint density at radius 3 is 2.39 bits per heavy atom. The van der Waals surface area contributed by atoms with Crippen LogP contribution in [0, 0.1) is 28.6 Å². The first-order valence-electron chi connectivity index (χ1n) is 18.1. The van der Waals surface area contributed by atoms with Gasteiger partial charge in [0, 0.05) is 31.6 Å². The summed E-state index contributed by atoms with van der Waals surface area (Å²) in [7, 11) is -0.528. The van der Waals surface area contributed by atoms with Crippen molar-refractivity contribution in [1.82, 2.24) is 15.1 Å². The van der Waals surface area contributed by atoms with Gasteiger partial charge in [0.1, 0.15) is 6.42 Å². The van der Waals surface area contributed by atoms with Crippen molar-refractivity contribution in [2.24, 2.45) is 17.3 Å². The van der Waals surface area contributed by atoms with Gasteiger partial charge in [-0.3, -0.25) is 14.5 Å². The largest absolute Gasteiger partial charge is 0.482 e. The number of amides is 2. The Bertz CT molecular complexity index is 1320. The van der Waals surface area contributed by atoms with E-state index in [4.69, 9.17) is 19.3 Å². The predicted octanol–water partition coefficient (Wildman–Crippen LogP) is 5.66. The molecule has 9 nitrogen and oxygen atoms in total. The lowest BCUT2D eigenvalue weighted by Gasteiger charge is -2.64. The molecule has 7 rings (SSSR count). The van der Waals surface area contributed by atoms with Gasteiger partial charge in [-0.05, 0) is 69.8 Å². The first-order valence-corrected chi connectivity index (χ1v) is 18.1. The number of benzene rings is 1. The van der Waals surface area contributed by atoms with E-state index in [1.54, 1.807) is 4.90 Å². The molecule has 2 amide bonds. The number of hydrogen-bond donors (Lipinski definition) is 1. The van der Waals surface area contributed by atoms with E-state index in [0.717, 1.165) is 12.0 Å². The number of ether oxygens (including phenoxy) is 1. The Kier molecular flexibility index (Phi) is 12.6. The summed E-state index contributed by atoms with van der Waals surface area (Å²) in [5.74, 6) is -2.08. The molecule has 6 fully saturated rings. The molecule has 3 saturated heterocycles. The number of nitrogens with one attached hydrogen (secondary N) is 1. The number of likely N-dealkylation sites (tertiary alicyclic amines) is 1. The molecule has 1 N–H and O–H groups in total. The van der Waals surface area contributed by atoms with Crippen molar-refractivity contribution in [3.63, 3.8) is 0 Å². The Labute approximate surface area is 292 Å². The topological polar surface area (TPSA) is 104 Å². The standard InChI is InChI=1S/C27H36BN3O5.C8H15F2N.C2H6/c1-26(2)19-14-21(26)27(3)22(15-19)35-28(36-27)23(13-18-7-5-4-6-8-18)30-24(32)16-20-17-31(11-12-34-20)25(33)9-10-29;1-7(2,3)11-5-4-8(9,10)6-11;1-2/h4-8,19-23H,9,11-17H2,1-3H3,(H,30,32);4-6H2,1-3H3;1-2H3/t19?,20?,21?,22-,23?,27+;;/m1../s1. The number of nitriles is 1. The van der Waals surface area contributed by atoms with E-state index in [-0.39, 0.29) is 66.2 Å². The molecule has 0 aromatic heterocycles. The fourth-order valence-electron chi connectivity index (χ4n) is 8.18. The van der Waals surface area contributed by atoms with Crippen LogP contribution in [0.5, 0.6) is 0 Å². The average Bonchev–Trinajstić information content (AvgIpc) is 3.61. The summed E-state index contributed by atoms with van der Waals surface area (Å²) in [5, 5.41) is 12.0. The van der Waals surface area contributed by atoms with Gasteiger partial charge in [-0.15, -0.1) is 0 Å². The van der Waals surface area contributed by atoms with Gasteiger partial charge in [0.15, 0.2) is 0 Å². The quantitative estimate of drug-likeness (QED) is 0.369. The third kappa shape index (κ3) is 9.21. The first-order chi connectivity index (χ1) is 23.0. The summed E-state index contributed by atoms with van der Waals surface area (Å²) in [4.78, 5) is 28.7. The van der Waals surface area contributed by atoms with Crippen LogP contribution in [0.3, 0.4) is 0 Å². The third-order valence-electron chi connectivity index (χ3n) is 11.2. The molecule has 3 aliphatic heterocycles. The molecule has 1 aromatic carbocycles. The number of morpholine rings is 1. The normalized spacial score (nSPS) is 30.3. The van der Waals surface area contributed by atoms with Gasteiger partial charge in [-0.2, -0.15) is 5.26 Å². The summed E-state index contributed by atoms with van der Waals surface area (Å²) in [6.45, 7) is 18.3. The summed E-state index contributed by atoms with van der Waals surface area (Å²) in [6, 6.07) is 12.0. The van der Waals surface area contributed by atoms with E-state index in [2.05, 4.69) is 26.1 Å². The minimum atomic E-state index is -2.45. The minimum absolute atomic E-state index is 0.0181. The van der Waals surface area contributed by atoms with Gasteiger partial charge >= 0.3 is 7.12 Å². The molecule has 0 radical (unpaired) electrons. The second-order valence-electron chi connectivity index (χ2n) is 15.8. The molecule has 3 saturated carbocycles. The van der Waals surface area contributed by atoms with Gasteiger partial charge in [0.2, 0.25) is 11.8 Å². The zero-order valence-corrected chi connectivity index (χ0v) is 30.8. The predicted molar refractivity (Wildman–Crippen MR) is 186 cm³/mol. The molecule has 12 heteroatoms. The van der Waals surface area contributed by atoms with Crippen molar-refractivity contribution in [3.05, 3.63) is 35.9 Å². The highest BCUT2D eigenvalue weighted by atomic mass is 19.3. The first kappa shape index (κ1) is 39.2. The van der Waals surface area contributed by atoms with Gasteiger partial charge in [0.05, 0.1) is 49.4 Å². The van der Waals surface area contributed by atoms with Crippen LogP contribution in [-0.2, 0) is 30.1 Å². The van der Waals surface area contributed by atoms with E-state index >= 15 is 0 Å². The summed E-state index contributed by atoms with van der Waals surface area (Å²) < 4.78 is 44.3. The van der Waals surface area contributed by atoms with Crippen molar-refractivity contribution in [2.45, 2.75) is 129 Å². The molecule has 2 bridgehead atoms. The van der Waals surface area contributed by atoms with Crippen molar-refractivity contribution >= 4 is 18.9 Å². The highest BCUT2D eigenvalue weighted by Crippen LogP contribution is 2.65. The number of halogens is 2. The fourth-order valence-corrected chi connectivity index (χ4v) is 8.18. The zero-order chi connectivity index (χ0) is 36.2. The van der Waals surface area contributed by atoms with Gasteiger partial charge < -0.3 is 24.3 Å². The zero-order valence-electron chi connectivity index (χ0n) is 30.8. The van der Waals surface area contributed by atoms with Gasteiger partial charge in [0.25, 0.3) is 5.92 Å². The molecule has 0 spiro atoms. The van der Waals surface area contributed by atoms with E-state index in [9.17, 15) is 18.4 Å². The van der Waals surface area contributed by atoms with Crippen molar-refractivity contribution in [2.75, 3.05) is 32.8 Å². The van der Waals surface area contributed by atoms with Crippen LogP contribution in [-0.4, -0.2) is 96.7 Å². The van der Waals surface area contributed by atoms with Crippen LogP contribution in [0.2, 0.25) is 0 Å². The number of carbonyl (C=O) groups excluding carboxylic acids is 2. The summed E-state index contributed by atoms with van der Waals surface area (Å²) >= 11 is 0. The second kappa shape index (κ2) is 15.8. The van der Waals surface area contributed by atoms with Crippen molar-refractivity contribution in [1.29, 1.82) is 5.26 Å². The van der Waals surface area contributed by atoms with E-state index in [1.807, 2.05) is 75.9 Å². The monoisotopic (exact) mass is 686 g/mol. The number of nitrogens with zero attached hydrogens (tertiary/aromatic N) is 3. The van der Waals surface area contributed by atoms with Gasteiger partial charge in [-0.1, -0.05) is 58.0 Å². The maximum atomic E-state index is 13.2. The molecular weight excluding hydrogens is 629 g/mol.